The highest BCUT2D eigenvalue weighted by Crippen LogP contribution is 2.37. The summed E-state index contributed by atoms with van der Waals surface area (Å²) in [7, 11) is 0. The molecule has 0 aromatic heterocycles. The summed E-state index contributed by atoms with van der Waals surface area (Å²) < 4.78 is 0. The fourth-order valence-corrected chi connectivity index (χ4v) is 4.07. The molecule has 1 unspecified atom stereocenters. The summed E-state index contributed by atoms with van der Waals surface area (Å²) >= 11 is 6.62. The van der Waals surface area contributed by atoms with Crippen LogP contribution in [0.15, 0.2) is 18.2 Å². The summed E-state index contributed by atoms with van der Waals surface area (Å²) in [5.41, 5.74) is 3.46. The number of halogens is 1. The van der Waals surface area contributed by atoms with Gasteiger partial charge in [-0.25, -0.2) is 0 Å². The number of hydrogen-bond acceptors (Lipinski definition) is 4. The normalized spacial score (nSPS) is 23.4. The van der Waals surface area contributed by atoms with Gasteiger partial charge in [0, 0.05) is 30.6 Å². The maximum Gasteiger partial charge on any atom is 0.255 e. The Morgan fingerprint density at radius 2 is 1.92 bits per heavy atom. The van der Waals surface area contributed by atoms with E-state index >= 15 is 0 Å². The van der Waals surface area contributed by atoms with Gasteiger partial charge < -0.3 is 10.2 Å². The van der Waals surface area contributed by atoms with Crippen LogP contribution < -0.4 is 10.6 Å². The summed E-state index contributed by atoms with van der Waals surface area (Å²) in [6.45, 7) is 2.02. The van der Waals surface area contributed by atoms with Gasteiger partial charge in [0.25, 0.3) is 5.91 Å². The number of fused-ring (bicyclic) bond motifs is 1. The van der Waals surface area contributed by atoms with Gasteiger partial charge in [-0.3, -0.25) is 19.7 Å². The van der Waals surface area contributed by atoms with Gasteiger partial charge in [-0.15, -0.1) is 0 Å². The molecule has 1 fully saturated rings. The molecule has 1 aromatic carbocycles. The van der Waals surface area contributed by atoms with Crippen LogP contribution in [0.2, 0.25) is 5.02 Å². The fourth-order valence-electron chi connectivity index (χ4n) is 3.72. The number of nitrogens with zero attached hydrogens (tertiary/aromatic N) is 1. The van der Waals surface area contributed by atoms with Gasteiger partial charge in [-0.1, -0.05) is 23.7 Å². The topological polar surface area (TPSA) is 78.5 Å². The number of nitrogens with one attached hydrogen (secondary N) is 2. The fraction of sp³-hybridized carbons (Fsp3) is 0.389. The molecule has 0 aliphatic carbocycles. The lowest BCUT2D eigenvalue weighted by Gasteiger charge is -2.29. The molecule has 25 heavy (non-hydrogen) atoms. The Kier molecular flexibility index (Phi) is 4.09. The van der Waals surface area contributed by atoms with E-state index in [-0.39, 0.29) is 18.2 Å². The van der Waals surface area contributed by atoms with Crippen LogP contribution in [0.5, 0.6) is 0 Å². The molecule has 4 rings (SSSR count). The maximum atomic E-state index is 12.7. The van der Waals surface area contributed by atoms with Crippen molar-refractivity contribution in [3.8, 4) is 0 Å². The summed E-state index contributed by atoms with van der Waals surface area (Å²) in [6.07, 6.45) is 3.61. The zero-order valence-corrected chi connectivity index (χ0v) is 14.4. The van der Waals surface area contributed by atoms with Crippen molar-refractivity contribution in [2.45, 2.75) is 31.8 Å². The number of piperidine rings is 1. The van der Waals surface area contributed by atoms with Gasteiger partial charge in [0.2, 0.25) is 11.8 Å². The minimum atomic E-state index is -0.616. The third-order valence-electron chi connectivity index (χ3n) is 5.06. The van der Waals surface area contributed by atoms with Crippen LogP contribution in [-0.2, 0) is 16.1 Å². The Balaban J connectivity index is 1.65. The Labute approximate surface area is 150 Å². The largest absolute Gasteiger partial charge is 0.322 e. The minimum absolute atomic E-state index is 0.197. The SMILES string of the molecule is O=C1CCC(N2Cc3c(ccc(C4=CCNCC4)c3Cl)C2=O)C(=O)N1. The molecule has 0 spiro atoms. The zero-order valence-electron chi connectivity index (χ0n) is 13.6. The number of amides is 3. The molecule has 7 heteroatoms. The Morgan fingerprint density at radius 3 is 2.64 bits per heavy atom. The number of carbonyl (C=O) groups is 3. The molecule has 3 heterocycles. The molecule has 130 valence electrons. The second kappa shape index (κ2) is 6.28. The number of carbonyl (C=O) groups excluding carboxylic acids is 3. The van der Waals surface area contributed by atoms with Gasteiger partial charge in [0.15, 0.2) is 0 Å². The quantitative estimate of drug-likeness (QED) is 0.784. The molecular weight excluding hydrogens is 342 g/mol. The highest BCUT2D eigenvalue weighted by atomic mass is 35.5. The van der Waals surface area contributed by atoms with E-state index in [2.05, 4.69) is 16.7 Å². The number of benzene rings is 1. The molecular formula is C18H18ClN3O3. The van der Waals surface area contributed by atoms with Crippen molar-refractivity contribution in [3.05, 3.63) is 39.9 Å². The molecule has 1 aromatic rings. The summed E-state index contributed by atoms with van der Waals surface area (Å²) in [5.74, 6) is -0.893. The van der Waals surface area contributed by atoms with Crippen LogP contribution in [0, 0.1) is 0 Å². The van der Waals surface area contributed by atoms with Crippen molar-refractivity contribution in [3.63, 3.8) is 0 Å². The van der Waals surface area contributed by atoms with E-state index < -0.39 is 11.9 Å². The first-order valence-electron chi connectivity index (χ1n) is 8.42. The van der Waals surface area contributed by atoms with Gasteiger partial charge in [0.05, 0.1) is 5.02 Å². The van der Waals surface area contributed by atoms with Crippen LogP contribution in [0.3, 0.4) is 0 Å². The molecule has 3 aliphatic rings. The highest BCUT2D eigenvalue weighted by molar-refractivity contribution is 6.34. The van der Waals surface area contributed by atoms with E-state index in [1.165, 1.54) is 10.5 Å². The van der Waals surface area contributed by atoms with Crippen LogP contribution in [-0.4, -0.2) is 41.8 Å². The lowest BCUT2D eigenvalue weighted by molar-refractivity contribution is -0.136. The molecule has 0 bridgehead atoms. The third-order valence-corrected chi connectivity index (χ3v) is 5.49. The monoisotopic (exact) mass is 359 g/mol. The highest BCUT2D eigenvalue weighted by Gasteiger charge is 2.40. The Morgan fingerprint density at radius 1 is 1.12 bits per heavy atom. The number of imide groups is 1. The van der Waals surface area contributed by atoms with Crippen molar-refractivity contribution in [2.75, 3.05) is 13.1 Å². The lowest BCUT2D eigenvalue weighted by Crippen LogP contribution is -2.52. The first-order valence-corrected chi connectivity index (χ1v) is 8.80. The summed E-state index contributed by atoms with van der Waals surface area (Å²) in [6, 6.07) is 3.08. The average molecular weight is 360 g/mol. The second-order valence-corrected chi connectivity index (χ2v) is 6.91. The summed E-state index contributed by atoms with van der Waals surface area (Å²) in [5, 5.41) is 6.17. The van der Waals surface area contributed by atoms with E-state index in [1.807, 2.05) is 6.07 Å². The number of hydrogen-bond donors (Lipinski definition) is 2. The Bertz CT molecular complexity index is 818. The molecule has 1 saturated heterocycles. The first-order chi connectivity index (χ1) is 12.1. The van der Waals surface area contributed by atoms with Crippen LogP contribution >= 0.6 is 11.6 Å². The minimum Gasteiger partial charge on any atom is -0.322 e. The standard InChI is InChI=1S/C18H18ClN3O3/c19-16-11(10-5-7-20-8-6-10)1-2-12-13(16)9-22(18(12)25)14-3-4-15(23)21-17(14)24/h1-2,5,14,20H,3-4,6-9H2,(H,21,23,24). The first kappa shape index (κ1) is 16.3. The zero-order chi connectivity index (χ0) is 17.6. The van der Waals surface area contributed by atoms with Crippen LogP contribution in [0.4, 0.5) is 0 Å². The van der Waals surface area contributed by atoms with E-state index in [0.717, 1.165) is 30.6 Å². The van der Waals surface area contributed by atoms with E-state index in [4.69, 9.17) is 11.6 Å². The molecule has 2 N–H and O–H groups in total. The van der Waals surface area contributed by atoms with Crippen molar-refractivity contribution < 1.29 is 14.4 Å². The van der Waals surface area contributed by atoms with Crippen molar-refractivity contribution in [1.82, 2.24) is 15.5 Å². The van der Waals surface area contributed by atoms with Gasteiger partial charge in [-0.05, 0) is 36.6 Å². The smallest absolute Gasteiger partial charge is 0.255 e. The Hall–Kier alpha value is -2.18. The molecule has 1 atom stereocenters. The van der Waals surface area contributed by atoms with Crippen molar-refractivity contribution >= 4 is 34.9 Å². The predicted octanol–water partition coefficient (Wildman–Crippen LogP) is 1.48. The molecule has 0 radical (unpaired) electrons. The maximum absolute atomic E-state index is 12.7. The lowest BCUT2D eigenvalue weighted by atomic mass is 9.96. The van der Waals surface area contributed by atoms with E-state index in [9.17, 15) is 14.4 Å². The number of rotatable bonds is 2. The van der Waals surface area contributed by atoms with E-state index in [0.29, 0.717) is 23.6 Å². The third kappa shape index (κ3) is 2.75. The molecule has 0 saturated carbocycles. The molecule has 3 aliphatic heterocycles. The summed E-state index contributed by atoms with van der Waals surface area (Å²) in [4.78, 5) is 37.7. The van der Waals surface area contributed by atoms with Crippen molar-refractivity contribution in [2.24, 2.45) is 0 Å². The van der Waals surface area contributed by atoms with E-state index in [1.54, 1.807) is 6.07 Å². The average Bonchev–Trinajstić information content (AvgIpc) is 2.94. The molecule has 6 nitrogen and oxygen atoms in total. The second-order valence-electron chi connectivity index (χ2n) is 6.54. The van der Waals surface area contributed by atoms with Crippen molar-refractivity contribution in [1.29, 1.82) is 0 Å². The molecule has 3 amide bonds. The van der Waals surface area contributed by atoms with Gasteiger partial charge >= 0.3 is 0 Å². The predicted molar refractivity (Wildman–Crippen MR) is 93.0 cm³/mol. The van der Waals surface area contributed by atoms with Gasteiger partial charge in [-0.2, -0.15) is 0 Å². The van der Waals surface area contributed by atoms with Gasteiger partial charge in [0.1, 0.15) is 6.04 Å². The van der Waals surface area contributed by atoms with Crippen LogP contribution in [0.25, 0.3) is 5.57 Å². The van der Waals surface area contributed by atoms with Crippen LogP contribution in [0.1, 0.15) is 40.7 Å².